The smallest absolute Gasteiger partial charge is 0.313 e. The number of hydrogen-bond donors (Lipinski definition) is 1. The third-order valence-corrected chi connectivity index (χ3v) is 2.97. The van der Waals surface area contributed by atoms with Gasteiger partial charge in [-0.05, 0) is 31.0 Å². The number of carboxylic acid groups (broad SMARTS) is 1. The van der Waals surface area contributed by atoms with E-state index in [0.29, 0.717) is 12.0 Å². The van der Waals surface area contributed by atoms with E-state index < -0.39 is 17.2 Å². The van der Waals surface area contributed by atoms with E-state index in [9.17, 15) is 14.3 Å². The van der Waals surface area contributed by atoms with Crippen molar-refractivity contribution in [2.75, 3.05) is 7.11 Å². The van der Waals surface area contributed by atoms with Crippen molar-refractivity contribution in [1.29, 1.82) is 0 Å². The molecule has 0 aliphatic heterocycles. The molecule has 0 aromatic heterocycles. The number of methoxy groups -OCH3 is 1. The Morgan fingerprint density at radius 1 is 1.56 bits per heavy atom. The lowest BCUT2D eigenvalue weighted by Crippen LogP contribution is -2.31. The molecule has 0 saturated heterocycles. The molecule has 4 heteroatoms. The zero-order chi connectivity index (χ0) is 12.3. The van der Waals surface area contributed by atoms with Crippen LogP contribution < -0.4 is 4.74 Å². The summed E-state index contributed by atoms with van der Waals surface area (Å²) in [4.78, 5) is 11.2. The molecule has 1 N–H and O–H groups in total. The molecule has 0 amide bonds. The van der Waals surface area contributed by atoms with Crippen LogP contribution in [0.15, 0.2) is 18.2 Å². The van der Waals surface area contributed by atoms with Crippen LogP contribution >= 0.6 is 0 Å². The average molecular weight is 226 g/mol. The molecule has 1 aromatic carbocycles. The normalized spacial score (nSPS) is 14.2. The molecule has 0 spiro atoms. The molecule has 16 heavy (non-hydrogen) atoms. The van der Waals surface area contributed by atoms with Crippen LogP contribution in [0.5, 0.6) is 5.75 Å². The van der Waals surface area contributed by atoms with E-state index in [2.05, 4.69) is 0 Å². The predicted octanol–water partition coefficient (Wildman–Crippen LogP) is 2.59. The molecule has 0 fully saturated rings. The summed E-state index contributed by atoms with van der Waals surface area (Å²) >= 11 is 0. The molecule has 1 atom stereocenters. The van der Waals surface area contributed by atoms with Crippen molar-refractivity contribution in [2.45, 2.75) is 25.7 Å². The molecule has 88 valence electrons. The minimum absolute atomic E-state index is 0.0680. The molecule has 0 bridgehead atoms. The molecule has 0 radical (unpaired) electrons. The largest absolute Gasteiger partial charge is 0.494 e. The van der Waals surface area contributed by atoms with Crippen LogP contribution in [0.4, 0.5) is 4.39 Å². The Labute approximate surface area is 93.9 Å². The maximum atomic E-state index is 13.2. The number of rotatable bonds is 4. The van der Waals surface area contributed by atoms with E-state index >= 15 is 0 Å². The van der Waals surface area contributed by atoms with E-state index in [1.54, 1.807) is 13.8 Å². The van der Waals surface area contributed by atoms with Crippen molar-refractivity contribution in [2.24, 2.45) is 0 Å². The van der Waals surface area contributed by atoms with E-state index in [0.717, 1.165) is 0 Å². The molecule has 1 unspecified atom stereocenters. The molecule has 3 nitrogen and oxygen atoms in total. The molecule has 1 rings (SSSR count). The van der Waals surface area contributed by atoms with Gasteiger partial charge in [-0.1, -0.05) is 13.0 Å². The number of carboxylic acids is 1. The number of benzene rings is 1. The second kappa shape index (κ2) is 4.51. The first-order chi connectivity index (χ1) is 7.45. The van der Waals surface area contributed by atoms with Gasteiger partial charge < -0.3 is 9.84 Å². The Morgan fingerprint density at radius 3 is 2.62 bits per heavy atom. The van der Waals surface area contributed by atoms with Gasteiger partial charge in [0.15, 0.2) is 11.6 Å². The van der Waals surface area contributed by atoms with E-state index in [4.69, 9.17) is 4.74 Å². The highest BCUT2D eigenvalue weighted by molar-refractivity contribution is 5.80. The van der Waals surface area contributed by atoms with Gasteiger partial charge in [-0.25, -0.2) is 4.39 Å². The zero-order valence-corrected chi connectivity index (χ0v) is 9.58. The predicted molar refractivity (Wildman–Crippen MR) is 58.2 cm³/mol. The Kier molecular flexibility index (Phi) is 3.52. The van der Waals surface area contributed by atoms with E-state index in [-0.39, 0.29) is 5.75 Å². The summed E-state index contributed by atoms with van der Waals surface area (Å²) in [6, 6.07) is 4.15. The number of ether oxygens (including phenoxy) is 1. The highest BCUT2D eigenvalue weighted by atomic mass is 19.1. The van der Waals surface area contributed by atoms with Gasteiger partial charge in [-0.2, -0.15) is 0 Å². The SMILES string of the molecule is CCC(C)(C(=O)O)c1ccc(F)c(OC)c1. The second-order valence-electron chi connectivity index (χ2n) is 3.84. The summed E-state index contributed by atoms with van der Waals surface area (Å²) in [5.74, 6) is -1.35. The lowest BCUT2D eigenvalue weighted by molar-refractivity contribution is -0.143. The van der Waals surface area contributed by atoms with Gasteiger partial charge >= 0.3 is 5.97 Å². The van der Waals surface area contributed by atoms with Crippen molar-refractivity contribution in [3.05, 3.63) is 29.6 Å². The minimum Gasteiger partial charge on any atom is -0.494 e. The first-order valence-electron chi connectivity index (χ1n) is 5.03. The molecule has 0 aliphatic rings. The number of carbonyl (C=O) groups is 1. The fraction of sp³-hybridized carbons (Fsp3) is 0.417. The summed E-state index contributed by atoms with van der Waals surface area (Å²) in [5, 5.41) is 9.18. The van der Waals surface area contributed by atoms with Crippen LogP contribution in [0, 0.1) is 5.82 Å². The molecule has 1 aromatic rings. The Balaban J connectivity index is 3.27. The standard InChI is InChI=1S/C12H15FO3/c1-4-12(2,11(14)15)8-5-6-9(13)10(7-8)16-3/h5-7H,4H2,1-3H3,(H,14,15). The molecule has 0 aliphatic carbocycles. The van der Waals surface area contributed by atoms with Gasteiger partial charge in [0.05, 0.1) is 12.5 Å². The highest BCUT2D eigenvalue weighted by Crippen LogP contribution is 2.31. The fourth-order valence-corrected chi connectivity index (χ4v) is 1.48. The monoisotopic (exact) mass is 226 g/mol. The zero-order valence-electron chi connectivity index (χ0n) is 9.58. The molecule has 0 saturated carbocycles. The maximum Gasteiger partial charge on any atom is 0.313 e. The van der Waals surface area contributed by atoms with Gasteiger partial charge in [-0.15, -0.1) is 0 Å². The van der Waals surface area contributed by atoms with Gasteiger partial charge in [0, 0.05) is 0 Å². The van der Waals surface area contributed by atoms with Crippen molar-refractivity contribution >= 4 is 5.97 Å². The highest BCUT2D eigenvalue weighted by Gasteiger charge is 2.33. The maximum absolute atomic E-state index is 13.2. The van der Waals surface area contributed by atoms with Crippen LogP contribution in [0.2, 0.25) is 0 Å². The van der Waals surface area contributed by atoms with Gasteiger partial charge in [0.1, 0.15) is 0 Å². The lowest BCUT2D eigenvalue weighted by Gasteiger charge is -2.24. The average Bonchev–Trinajstić information content (AvgIpc) is 2.28. The van der Waals surface area contributed by atoms with Crippen molar-refractivity contribution in [1.82, 2.24) is 0 Å². The van der Waals surface area contributed by atoms with Crippen molar-refractivity contribution < 1.29 is 19.0 Å². The summed E-state index contributed by atoms with van der Waals surface area (Å²) in [6.45, 7) is 3.39. The minimum atomic E-state index is -1.01. The first kappa shape index (κ1) is 12.5. The third-order valence-electron chi connectivity index (χ3n) is 2.97. The number of aliphatic carboxylic acids is 1. The molecular formula is C12H15FO3. The van der Waals surface area contributed by atoms with Crippen molar-refractivity contribution in [3.8, 4) is 5.75 Å². The Morgan fingerprint density at radius 2 is 2.19 bits per heavy atom. The van der Waals surface area contributed by atoms with Crippen LogP contribution in [-0.2, 0) is 10.2 Å². The van der Waals surface area contributed by atoms with Crippen LogP contribution in [0.1, 0.15) is 25.8 Å². The topological polar surface area (TPSA) is 46.5 Å². The third kappa shape index (κ3) is 2.01. The first-order valence-corrected chi connectivity index (χ1v) is 5.03. The van der Waals surface area contributed by atoms with Gasteiger partial charge in [-0.3, -0.25) is 4.79 Å². The van der Waals surface area contributed by atoms with E-state index in [1.165, 1.54) is 25.3 Å². The summed E-state index contributed by atoms with van der Waals surface area (Å²) in [6.07, 6.45) is 0.428. The van der Waals surface area contributed by atoms with Crippen LogP contribution in [-0.4, -0.2) is 18.2 Å². The van der Waals surface area contributed by atoms with Crippen molar-refractivity contribution in [3.63, 3.8) is 0 Å². The number of hydrogen-bond acceptors (Lipinski definition) is 2. The second-order valence-corrected chi connectivity index (χ2v) is 3.84. The van der Waals surface area contributed by atoms with Gasteiger partial charge in [0.2, 0.25) is 0 Å². The fourth-order valence-electron chi connectivity index (χ4n) is 1.48. The number of halogens is 1. The van der Waals surface area contributed by atoms with Crippen LogP contribution in [0.25, 0.3) is 0 Å². The Bertz CT molecular complexity index is 403. The molecular weight excluding hydrogens is 211 g/mol. The Hall–Kier alpha value is -1.58. The molecule has 0 heterocycles. The summed E-state index contributed by atoms with van der Waals surface area (Å²) < 4.78 is 18.0. The summed E-state index contributed by atoms with van der Waals surface area (Å²) in [5.41, 5.74) is -0.471. The summed E-state index contributed by atoms with van der Waals surface area (Å²) in [7, 11) is 1.35. The lowest BCUT2D eigenvalue weighted by atomic mass is 9.80. The quantitative estimate of drug-likeness (QED) is 0.858. The van der Waals surface area contributed by atoms with E-state index in [1.807, 2.05) is 0 Å². The van der Waals surface area contributed by atoms with Crippen LogP contribution in [0.3, 0.4) is 0 Å². The van der Waals surface area contributed by atoms with Gasteiger partial charge in [0.25, 0.3) is 0 Å².